The van der Waals surface area contributed by atoms with Crippen LogP contribution in [0.5, 0.6) is 5.75 Å². The molecule has 0 spiro atoms. The zero-order valence-electron chi connectivity index (χ0n) is 20.7. The monoisotopic (exact) mass is 578 g/mol. The maximum absolute atomic E-state index is 13.7. The van der Waals surface area contributed by atoms with Crippen molar-refractivity contribution in [2.45, 2.75) is 6.42 Å². The van der Waals surface area contributed by atoms with E-state index in [1.807, 2.05) is 12.2 Å². The number of Topliss-reactive ketones (excluding diaryl/α,β-unsaturated/α-hetero) is 1. The molecule has 3 amide bonds. The van der Waals surface area contributed by atoms with Crippen LogP contribution in [0, 0.1) is 23.7 Å². The Balaban J connectivity index is 1.26. The summed E-state index contributed by atoms with van der Waals surface area (Å²) in [6, 6.07) is 12.8. The number of halogens is 2. The molecule has 1 aromatic heterocycles. The molecule has 2 fully saturated rings. The Morgan fingerprint density at radius 1 is 0.900 bits per heavy atom. The van der Waals surface area contributed by atoms with Crippen molar-refractivity contribution in [3.8, 4) is 5.75 Å². The van der Waals surface area contributed by atoms with Crippen LogP contribution in [-0.4, -0.2) is 46.0 Å². The van der Waals surface area contributed by atoms with Crippen LogP contribution in [-0.2, 0) is 9.59 Å². The summed E-state index contributed by atoms with van der Waals surface area (Å²) in [7, 11) is 0. The standard InChI is InChI=1S/C29H20Cl2N2O7/c30-20-10-7-18(13-21(20)31)26(35)32(33-27(36)24-16-3-4-17(12-16)25(24)28(33)37)14-22(34)15-5-8-19(9-6-15)40-29(38)23-2-1-11-39-23/h1-11,13,16-17,24-25H,12,14H2/t16-,17-,24-,25-/m0/s1. The fourth-order valence-corrected chi connectivity index (χ4v) is 5.92. The molecule has 3 aliphatic rings. The average molecular weight is 579 g/mol. The van der Waals surface area contributed by atoms with Gasteiger partial charge in [0, 0.05) is 11.1 Å². The molecular weight excluding hydrogens is 559 g/mol. The van der Waals surface area contributed by atoms with E-state index >= 15 is 0 Å². The van der Waals surface area contributed by atoms with Crippen molar-refractivity contribution in [2.75, 3.05) is 6.54 Å². The first-order chi connectivity index (χ1) is 19.2. The summed E-state index contributed by atoms with van der Waals surface area (Å²) in [6.07, 6.45) is 5.94. The van der Waals surface area contributed by atoms with Gasteiger partial charge in [0.05, 0.1) is 28.1 Å². The van der Waals surface area contributed by atoms with Crippen molar-refractivity contribution in [3.05, 3.63) is 99.9 Å². The van der Waals surface area contributed by atoms with Gasteiger partial charge in [0.25, 0.3) is 17.7 Å². The maximum atomic E-state index is 13.7. The Labute approximate surface area is 237 Å². The molecule has 202 valence electrons. The molecule has 1 saturated heterocycles. The van der Waals surface area contributed by atoms with Crippen molar-refractivity contribution in [2.24, 2.45) is 23.7 Å². The van der Waals surface area contributed by atoms with Gasteiger partial charge in [-0.3, -0.25) is 19.2 Å². The van der Waals surface area contributed by atoms with Gasteiger partial charge in [0.15, 0.2) is 5.78 Å². The summed E-state index contributed by atoms with van der Waals surface area (Å²) in [4.78, 5) is 66.2. The quantitative estimate of drug-likeness (QED) is 0.129. The summed E-state index contributed by atoms with van der Waals surface area (Å²) in [5, 5.41) is 2.04. The summed E-state index contributed by atoms with van der Waals surface area (Å²) in [5.74, 6) is -4.11. The number of fused-ring (bicyclic) bond motifs is 5. The molecule has 2 heterocycles. The first-order valence-electron chi connectivity index (χ1n) is 12.4. The first kappa shape index (κ1) is 26.0. The number of hydrogen-bond acceptors (Lipinski definition) is 7. The zero-order valence-corrected chi connectivity index (χ0v) is 22.2. The van der Waals surface area contributed by atoms with E-state index in [-0.39, 0.29) is 44.5 Å². The highest BCUT2D eigenvalue weighted by Crippen LogP contribution is 2.52. The van der Waals surface area contributed by atoms with Crippen LogP contribution in [0.2, 0.25) is 10.0 Å². The molecule has 0 radical (unpaired) electrons. The molecule has 2 aromatic carbocycles. The van der Waals surface area contributed by atoms with Gasteiger partial charge < -0.3 is 9.15 Å². The minimum absolute atomic E-state index is 0.0185. The lowest BCUT2D eigenvalue weighted by Gasteiger charge is -2.31. The predicted octanol–water partition coefficient (Wildman–Crippen LogP) is 4.85. The highest BCUT2D eigenvalue weighted by atomic mass is 35.5. The Hall–Kier alpha value is -4.21. The van der Waals surface area contributed by atoms with E-state index in [4.69, 9.17) is 32.4 Å². The number of nitrogens with zero attached hydrogens (tertiary/aromatic N) is 2. The number of esters is 1. The van der Waals surface area contributed by atoms with Gasteiger partial charge in [-0.05, 0) is 72.9 Å². The van der Waals surface area contributed by atoms with Crippen molar-refractivity contribution in [3.63, 3.8) is 0 Å². The van der Waals surface area contributed by atoms with Crippen molar-refractivity contribution < 1.29 is 33.1 Å². The Morgan fingerprint density at radius 2 is 1.55 bits per heavy atom. The van der Waals surface area contributed by atoms with Gasteiger partial charge in [0.2, 0.25) is 5.76 Å². The molecule has 2 bridgehead atoms. The molecule has 0 N–H and O–H groups in total. The van der Waals surface area contributed by atoms with Crippen LogP contribution in [0.4, 0.5) is 0 Å². The van der Waals surface area contributed by atoms with Crippen LogP contribution in [0.1, 0.15) is 37.7 Å². The SMILES string of the molecule is O=C(CN(C(=O)c1ccc(Cl)c(Cl)c1)N1C(=O)[C@@H]2[C@@H](C1=O)[C@H]1C=C[C@H]2C1)c1ccc(OC(=O)c2ccco2)cc1. The number of carbonyl (C=O) groups is 5. The van der Waals surface area contributed by atoms with E-state index < -0.39 is 47.9 Å². The van der Waals surface area contributed by atoms with Gasteiger partial charge in [-0.25, -0.2) is 9.80 Å². The van der Waals surface area contributed by atoms with Crippen LogP contribution >= 0.6 is 23.2 Å². The molecule has 40 heavy (non-hydrogen) atoms. The largest absolute Gasteiger partial charge is 0.457 e. The van der Waals surface area contributed by atoms with Gasteiger partial charge >= 0.3 is 5.97 Å². The van der Waals surface area contributed by atoms with Crippen molar-refractivity contribution >= 4 is 52.7 Å². The van der Waals surface area contributed by atoms with Crippen molar-refractivity contribution in [1.82, 2.24) is 10.0 Å². The first-order valence-corrected chi connectivity index (χ1v) is 13.2. The molecule has 1 saturated carbocycles. The summed E-state index contributed by atoms with van der Waals surface area (Å²) in [5.41, 5.74) is 0.229. The Bertz CT molecular complexity index is 1550. The van der Waals surface area contributed by atoms with Crippen molar-refractivity contribution in [1.29, 1.82) is 0 Å². The third-order valence-corrected chi connectivity index (χ3v) is 8.23. The summed E-state index contributed by atoms with van der Waals surface area (Å²) < 4.78 is 10.2. The highest BCUT2D eigenvalue weighted by Gasteiger charge is 2.61. The number of rotatable bonds is 7. The molecule has 0 unspecified atom stereocenters. The fraction of sp³-hybridized carbons (Fsp3) is 0.207. The molecule has 9 nitrogen and oxygen atoms in total. The minimum atomic E-state index is -0.752. The third kappa shape index (κ3) is 4.41. The molecule has 2 aliphatic carbocycles. The molecule has 4 atom stereocenters. The Kier molecular flexibility index (Phi) is 6.56. The lowest BCUT2D eigenvalue weighted by Crippen LogP contribution is -2.52. The van der Waals surface area contributed by atoms with Crippen LogP contribution in [0.15, 0.2) is 77.4 Å². The predicted molar refractivity (Wildman–Crippen MR) is 142 cm³/mol. The number of amides is 3. The van der Waals surface area contributed by atoms with E-state index in [0.29, 0.717) is 0 Å². The fourth-order valence-electron chi connectivity index (χ4n) is 5.62. The second-order valence-electron chi connectivity index (χ2n) is 9.79. The number of ether oxygens (including phenoxy) is 1. The molecular formula is C29H20Cl2N2O7. The number of hydrazine groups is 1. The lowest BCUT2D eigenvalue weighted by molar-refractivity contribution is -0.154. The van der Waals surface area contributed by atoms with E-state index in [2.05, 4.69) is 0 Å². The summed E-state index contributed by atoms with van der Waals surface area (Å²) >= 11 is 12.1. The number of hydrogen-bond donors (Lipinski definition) is 0. The van der Waals surface area contributed by atoms with Crippen LogP contribution in [0.25, 0.3) is 0 Å². The number of imide groups is 1. The highest BCUT2D eigenvalue weighted by molar-refractivity contribution is 6.42. The number of allylic oxidation sites excluding steroid dienone is 2. The number of carbonyl (C=O) groups excluding carboxylic acids is 5. The van der Waals surface area contributed by atoms with Gasteiger partial charge in [-0.15, -0.1) is 0 Å². The maximum Gasteiger partial charge on any atom is 0.379 e. The zero-order chi connectivity index (χ0) is 28.1. The van der Waals surface area contributed by atoms with E-state index in [1.165, 1.54) is 54.8 Å². The Morgan fingerprint density at radius 3 is 2.15 bits per heavy atom. The van der Waals surface area contributed by atoms with Crippen LogP contribution < -0.4 is 4.74 Å². The molecule has 3 aromatic rings. The number of benzene rings is 2. The lowest BCUT2D eigenvalue weighted by atomic mass is 9.85. The minimum Gasteiger partial charge on any atom is -0.457 e. The smallest absolute Gasteiger partial charge is 0.379 e. The molecule has 11 heteroatoms. The third-order valence-electron chi connectivity index (χ3n) is 7.49. The molecule has 1 aliphatic heterocycles. The van der Waals surface area contributed by atoms with E-state index in [9.17, 15) is 24.0 Å². The topological polar surface area (TPSA) is 114 Å². The van der Waals surface area contributed by atoms with Crippen LogP contribution in [0.3, 0.4) is 0 Å². The molecule has 6 rings (SSSR count). The second-order valence-corrected chi connectivity index (χ2v) is 10.6. The number of ketones is 1. The second kappa shape index (κ2) is 10.1. The van der Waals surface area contributed by atoms with Gasteiger partial charge in [-0.1, -0.05) is 35.4 Å². The number of furan rings is 1. The average Bonchev–Trinajstić information content (AvgIpc) is 3.75. The van der Waals surface area contributed by atoms with E-state index in [1.54, 1.807) is 6.07 Å². The van der Waals surface area contributed by atoms with Gasteiger partial charge in [-0.2, -0.15) is 5.01 Å². The summed E-state index contributed by atoms with van der Waals surface area (Å²) in [6.45, 7) is -0.593. The normalized spacial score (nSPS) is 22.5. The van der Waals surface area contributed by atoms with Gasteiger partial charge in [0.1, 0.15) is 12.3 Å². The van der Waals surface area contributed by atoms with E-state index in [0.717, 1.165) is 16.4 Å².